The van der Waals surface area contributed by atoms with Crippen molar-refractivity contribution in [3.05, 3.63) is 100 Å². The minimum absolute atomic E-state index is 0. The molecule has 0 aliphatic heterocycles. The molecule has 0 saturated carbocycles. The van der Waals surface area contributed by atoms with Crippen LogP contribution in [-0.4, -0.2) is 15.2 Å². The summed E-state index contributed by atoms with van der Waals surface area (Å²) < 4.78 is 4.58. The summed E-state index contributed by atoms with van der Waals surface area (Å²) in [5.74, 6) is 0. The Morgan fingerprint density at radius 2 is 1.20 bits per heavy atom. The molecule has 1 aliphatic carbocycles. The molecule has 0 fully saturated rings. The number of fused-ring (bicyclic) bond motifs is 5. The Bertz CT molecular complexity index is 1180. The van der Waals surface area contributed by atoms with Crippen molar-refractivity contribution >= 4 is 36.7 Å². The van der Waals surface area contributed by atoms with Gasteiger partial charge in [-0.1, -0.05) is 87.8 Å². The number of aryl methyl sites for hydroxylation is 2. The third-order valence-corrected chi connectivity index (χ3v) is 24.9. The van der Waals surface area contributed by atoms with Crippen LogP contribution in [0.4, 0.5) is 0 Å². The first-order valence-electron chi connectivity index (χ1n) is 12.0. The maximum absolute atomic E-state index is 6.75. The van der Waals surface area contributed by atoms with Gasteiger partial charge >= 0.3 is 18.9 Å². The van der Waals surface area contributed by atoms with Gasteiger partial charge in [0.2, 0.25) is 0 Å². The molecule has 0 radical (unpaired) electrons. The van der Waals surface area contributed by atoms with Gasteiger partial charge in [-0.25, -0.2) is 0 Å². The van der Waals surface area contributed by atoms with E-state index in [1.54, 1.807) is 23.7 Å². The van der Waals surface area contributed by atoms with E-state index >= 15 is 0 Å². The minimum atomic E-state index is -0.720. The SMILES string of the molecule is C[Si](C)(C)[Si](C)(C)C.[Li+].[N-]=[N+]=[N-].c1ccc2c(c1)ccc1c3c(ccc12)CCCC3.c1ccoc1. The molecule has 0 atom stereocenters. The van der Waals surface area contributed by atoms with Gasteiger partial charge in [0.05, 0.1) is 12.5 Å². The average Bonchev–Trinajstić information content (AvgIpc) is 3.39. The number of furan rings is 1. The zero-order chi connectivity index (χ0) is 25.2. The van der Waals surface area contributed by atoms with Crippen LogP contribution in [0.25, 0.3) is 37.5 Å². The molecule has 1 heterocycles. The predicted molar refractivity (Wildman–Crippen MR) is 154 cm³/mol. The van der Waals surface area contributed by atoms with E-state index in [2.05, 4.69) is 92.2 Å². The van der Waals surface area contributed by atoms with Gasteiger partial charge in [-0.05, 0) is 70.5 Å². The summed E-state index contributed by atoms with van der Waals surface area (Å²) in [5, 5.41) is 5.64. The fourth-order valence-electron chi connectivity index (χ4n) is 3.57. The first-order valence-corrected chi connectivity index (χ1v) is 20.0. The van der Waals surface area contributed by atoms with Crippen LogP contribution in [0.1, 0.15) is 24.0 Å². The van der Waals surface area contributed by atoms with Gasteiger partial charge in [0.15, 0.2) is 0 Å². The molecule has 4 nitrogen and oxygen atoms in total. The first-order chi connectivity index (χ1) is 16.1. The zero-order valence-electron chi connectivity index (χ0n) is 22.5. The van der Waals surface area contributed by atoms with Crippen LogP contribution >= 0.6 is 0 Å². The monoisotopic (exact) mass is 495 g/mol. The number of hydrogen-bond donors (Lipinski definition) is 0. The fraction of sp³-hybridized carbons (Fsp3) is 0.357. The smallest absolute Gasteiger partial charge is 0.473 e. The second kappa shape index (κ2) is 14.4. The number of benzene rings is 3. The third kappa shape index (κ3) is 9.07. The number of hydrogen-bond acceptors (Lipinski definition) is 1. The Hall–Kier alpha value is -2.20. The van der Waals surface area contributed by atoms with Crippen molar-refractivity contribution in [2.24, 2.45) is 0 Å². The van der Waals surface area contributed by atoms with E-state index in [0.29, 0.717) is 0 Å². The van der Waals surface area contributed by atoms with Gasteiger partial charge in [0.1, 0.15) is 0 Å². The molecule has 0 spiro atoms. The second-order valence-electron chi connectivity index (χ2n) is 10.7. The van der Waals surface area contributed by atoms with Crippen molar-refractivity contribution in [1.29, 1.82) is 0 Å². The van der Waals surface area contributed by atoms with Gasteiger partial charge in [-0.3, -0.25) is 4.91 Å². The van der Waals surface area contributed by atoms with Crippen molar-refractivity contribution in [3.8, 4) is 0 Å². The average molecular weight is 496 g/mol. The molecule has 0 bridgehead atoms. The van der Waals surface area contributed by atoms with Crippen LogP contribution in [0.3, 0.4) is 0 Å². The van der Waals surface area contributed by atoms with E-state index in [9.17, 15) is 0 Å². The molecule has 0 N–H and O–H groups in total. The molecule has 180 valence electrons. The molecular formula is C28H38LiN3OSi2. The Morgan fingerprint density at radius 3 is 1.74 bits per heavy atom. The summed E-state index contributed by atoms with van der Waals surface area (Å²) in [6, 6.07) is 21.6. The van der Waals surface area contributed by atoms with Crippen molar-refractivity contribution in [1.82, 2.24) is 0 Å². The molecule has 5 rings (SSSR count). The van der Waals surface area contributed by atoms with Crippen molar-refractivity contribution in [2.75, 3.05) is 0 Å². The van der Waals surface area contributed by atoms with Crippen LogP contribution in [0.15, 0.2) is 77.6 Å². The summed E-state index contributed by atoms with van der Waals surface area (Å²) in [6.45, 7) is 14.8. The summed E-state index contributed by atoms with van der Waals surface area (Å²) in [5.41, 5.74) is 16.7. The summed E-state index contributed by atoms with van der Waals surface area (Å²) in [6.07, 6.45) is 8.47. The molecule has 0 saturated heterocycles. The van der Waals surface area contributed by atoms with E-state index in [1.165, 1.54) is 52.1 Å². The zero-order valence-corrected chi connectivity index (χ0v) is 24.5. The number of rotatable bonds is 1. The van der Waals surface area contributed by atoms with E-state index in [4.69, 9.17) is 11.1 Å². The van der Waals surface area contributed by atoms with E-state index < -0.39 is 15.2 Å². The quantitative estimate of drug-likeness (QED) is 0.0945. The maximum atomic E-state index is 6.75. The predicted octanol–water partition coefficient (Wildman–Crippen LogP) is 6.76. The van der Waals surface area contributed by atoms with Crippen molar-refractivity contribution in [2.45, 2.75) is 65.0 Å². The topological polar surface area (TPSA) is 71.8 Å². The summed E-state index contributed by atoms with van der Waals surface area (Å²) in [7, 11) is -1.44. The third-order valence-electron chi connectivity index (χ3n) is 6.93. The van der Waals surface area contributed by atoms with Crippen LogP contribution in [0.5, 0.6) is 0 Å². The van der Waals surface area contributed by atoms with Gasteiger partial charge in [0, 0.05) is 15.2 Å². The molecule has 1 aromatic heterocycles. The fourth-order valence-corrected chi connectivity index (χ4v) is 3.57. The molecular weight excluding hydrogens is 457 g/mol. The first kappa shape index (κ1) is 30.8. The van der Waals surface area contributed by atoms with Gasteiger partial charge in [0.25, 0.3) is 0 Å². The van der Waals surface area contributed by atoms with E-state index in [0.717, 1.165) is 0 Å². The Morgan fingerprint density at radius 1 is 0.657 bits per heavy atom. The van der Waals surface area contributed by atoms with E-state index in [1.807, 2.05) is 12.1 Å². The van der Waals surface area contributed by atoms with Crippen LogP contribution in [0.2, 0.25) is 39.3 Å². The van der Waals surface area contributed by atoms with Crippen LogP contribution in [0, 0.1) is 0 Å². The molecule has 0 unspecified atom stereocenters. The Balaban J connectivity index is 0.000000302. The van der Waals surface area contributed by atoms with Gasteiger partial charge in [-0.15, -0.1) is 0 Å². The Kier molecular flexibility index (Phi) is 12.7. The summed E-state index contributed by atoms with van der Waals surface area (Å²) >= 11 is 0. The van der Waals surface area contributed by atoms with Crippen LogP contribution in [-0.2, 0) is 12.8 Å². The minimum Gasteiger partial charge on any atom is -0.473 e. The molecule has 35 heavy (non-hydrogen) atoms. The van der Waals surface area contributed by atoms with Gasteiger partial charge < -0.3 is 15.5 Å². The molecule has 7 heteroatoms. The number of nitrogens with zero attached hydrogens (tertiary/aromatic N) is 3. The van der Waals surface area contributed by atoms with E-state index in [-0.39, 0.29) is 18.9 Å². The summed E-state index contributed by atoms with van der Waals surface area (Å²) in [4.78, 5) is 1.50. The maximum Gasteiger partial charge on any atom is 1.00 e. The molecule has 4 aromatic rings. The van der Waals surface area contributed by atoms with Gasteiger partial charge in [-0.2, -0.15) is 0 Å². The largest absolute Gasteiger partial charge is 1.00 e. The van der Waals surface area contributed by atoms with Crippen molar-refractivity contribution in [3.63, 3.8) is 0 Å². The normalized spacial score (nSPS) is 12.3. The second-order valence-corrected chi connectivity index (χ2v) is 28.7. The molecule has 1 aliphatic rings. The molecule has 3 aromatic carbocycles. The molecule has 0 amide bonds. The Labute approximate surface area is 224 Å². The van der Waals surface area contributed by atoms with Crippen molar-refractivity contribution < 1.29 is 23.3 Å². The standard InChI is InChI=1S/C18H16.C6H18Si2.C4H4O.Li.N3/c1-3-7-15-13(5-1)9-11-18-16-8-4-2-6-14(16)10-12-17(15)18;1-7(2,3)8(4,5)6;1-2-4-5-3-1;;1-3-2/h1,3,5,7,9-12H,2,4,6,8H2;1-6H3;1-4H;;/q;;;+1;-1. The van der Waals surface area contributed by atoms with Crippen LogP contribution < -0.4 is 18.9 Å².